The van der Waals surface area contributed by atoms with E-state index in [9.17, 15) is 4.79 Å². The summed E-state index contributed by atoms with van der Waals surface area (Å²) in [4.78, 5) is 10.7. The Morgan fingerprint density at radius 1 is 1.58 bits per heavy atom. The fourth-order valence-corrected chi connectivity index (χ4v) is 1.21. The van der Waals surface area contributed by atoms with Crippen LogP contribution in [0.3, 0.4) is 0 Å². The van der Waals surface area contributed by atoms with Crippen molar-refractivity contribution in [1.82, 2.24) is 10.6 Å². The Balaban J connectivity index is 2.36. The van der Waals surface area contributed by atoms with E-state index in [4.69, 9.17) is 5.11 Å². The highest BCUT2D eigenvalue weighted by molar-refractivity contribution is 5.73. The molecule has 0 aromatic rings. The number of hydrogen-bond acceptors (Lipinski definition) is 3. The Morgan fingerprint density at radius 3 is 2.42 bits per heavy atom. The van der Waals surface area contributed by atoms with E-state index in [2.05, 4.69) is 10.6 Å². The lowest BCUT2D eigenvalue weighted by atomic mass is 10.0. The predicted octanol–water partition coefficient (Wildman–Crippen LogP) is -0.343. The van der Waals surface area contributed by atoms with E-state index in [0.717, 1.165) is 13.1 Å². The normalized spacial score (nSPS) is 20.6. The second-order valence-electron chi connectivity index (χ2n) is 3.58. The minimum Gasteiger partial charge on any atom is -0.480 e. The fraction of sp³-hybridized carbons (Fsp3) is 0.875. The molecule has 1 rings (SSSR count). The van der Waals surface area contributed by atoms with Crippen molar-refractivity contribution >= 4 is 5.97 Å². The van der Waals surface area contributed by atoms with Crippen molar-refractivity contribution in [2.45, 2.75) is 25.9 Å². The van der Waals surface area contributed by atoms with Crippen molar-refractivity contribution in [2.75, 3.05) is 13.1 Å². The molecule has 0 aliphatic carbocycles. The number of aliphatic carboxylic acids is 1. The van der Waals surface area contributed by atoms with Crippen LogP contribution in [-0.4, -0.2) is 36.2 Å². The van der Waals surface area contributed by atoms with Gasteiger partial charge in [-0.3, -0.25) is 10.1 Å². The first-order valence-corrected chi connectivity index (χ1v) is 4.31. The molecule has 0 amide bonds. The van der Waals surface area contributed by atoms with Crippen LogP contribution < -0.4 is 10.6 Å². The second-order valence-corrected chi connectivity index (χ2v) is 3.58. The summed E-state index contributed by atoms with van der Waals surface area (Å²) < 4.78 is 0. The summed E-state index contributed by atoms with van der Waals surface area (Å²) in [7, 11) is 0. The van der Waals surface area contributed by atoms with Gasteiger partial charge in [-0.1, -0.05) is 13.8 Å². The van der Waals surface area contributed by atoms with E-state index < -0.39 is 12.0 Å². The molecule has 12 heavy (non-hydrogen) atoms. The van der Waals surface area contributed by atoms with Crippen LogP contribution in [0.15, 0.2) is 0 Å². The van der Waals surface area contributed by atoms with Gasteiger partial charge < -0.3 is 10.4 Å². The summed E-state index contributed by atoms with van der Waals surface area (Å²) in [6, 6.07) is -0.0643. The molecule has 1 aliphatic heterocycles. The zero-order valence-corrected chi connectivity index (χ0v) is 7.50. The zero-order valence-electron chi connectivity index (χ0n) is 7.50. The molecule has 1 atom stereocenters. The van der Waals surface area contributed by atoms with Crippen molar-refractivity contribution in [3.8, 4) is 0 Å². The summed E-state index contributed by atoms with van der Waals surface area (Å²) in [6.07, 6.45) is 0. The number of rotatable bonds is 4. The Morgan fingerprint density at radius 2 is 2.17 bits per heavy atom. The molecule has 0 spiro atoms. The Bertz CT molecular complexity index is 166. The smallest absolute Gasteiger partial charge is 0.320 e. The molecule has 0 radical (unpaired) electrons. The molecule has 0 saturated carbocycles. The largest absolute Gasteiger partial charge is 0.480 e. The molecular weight excluding hydrogens is 156 g/mol. The molecule has 1 unspecified atom stereocenters. The van der Waals surface area contributed by atoms with Gasteiger partial charge in [-0.2, -0.15) is 0 Å². The minimum absolute atomic E-state index is 0.142. The summed E-state index contributed by atoms with van der Waals surface area (Å²) in [5, 5.41) is 15.0. The first-order valence-electron chi connectivity index (χ1n) is 4.31. The van der Waals surface area contributed by atoms with Crippen LogP contribution in [0.5, 0.6) is 0 Å². The maximum Gasteiger partial charge on any atom is 0.320 e. The molecule has 1 aliphatic rings. The van der Waals surface area contributed by atoms with Gasteiger partial charge in [0.05, 0.1) is 0 Å². The van der Waals surface area contributed by atoms with Crippen LogP contribution >= 0.6 is 0 Å². The molecular formula is C8H16N2O2. The van der Waals surface area contributed by atoms with Crippen molar-refractivity contribution < 1.29 is 9.90 Å². The maximum absolute atomic E-state index is 10.7. The van der Waals surface area contributed by atoms with Gasteiger partial charge in [0.25, 0.3) is 0 Å². The van der Waals surface area contributed by atoms with Gasteiger partial charge in [-0.15, -0.1) is 0 Å². The summed E-state index contributed by atoms with van der Waals surface area (Å²) in [5.74, 6) is -0.611. The van der Waals surface area contributed by atoms with Crippen LogP contribution in [0.4, 0.5) is 0 Å². The molecule has 3 N–H and O–H groups in total. The zero-order chi connectivity index (χ0) is 9.14. The van der Waals surface area contributed by atoms with Gasteiger partial charge >= 0.3 is 5.97 Å². The van der Waals surface area contributed by atoms with Crippen molar-refractivity contribution in [3.63, 3.8) is 0 Å². The molecule has 4 heteroatoms. The highest BCUT2D eigenvalue weighted by atomic mass is 16.4. The van der Waals surface area contributed by atoms with Gasteiger partial charge in [0, 0.05) is 19.1 Å². The van der Waals surface area contributed by atoms with E-state index in [-0.39, 0.29) is 5.92 Å². The van der Waals surface area contributed by atoms with Crippen molar-refractivity contribution in [3.05, 3.63) is 0 Å². The lowest BCUT2D eigenvalue weighted by molar-refractivity contribution is -0.141. The first-order chi connectivity index (χ1) is 5.61. The second kappa shape index (κ2) is 3.87. The van der Waals surface area contributed by atoms with Gasteiger partial charge in [0.1, 0.15) is 6.04 Å². The van der Waals surface area contributed by atoms with Crippen molar-refractivity contribution in [1.29, 1.82) is 0 Å². The number of carbonyl (C=O) groups is 1. The third-order valence-electron chi connectivity index (χ3n) is 2.13. The number of carboxylic acid groups (broad SMARTS) is 1. The maximum atomic E-state index is 10.7. The Hall–Kier alpha value is -0.610. The number of hydrogen-bond donors (Lipinski definition) is 3. The van der Waals surface area contributed by atoms with Gasteiger partial charge in [-0.05, 0) is 5.92 Å². The lowest BCUT2D eigenvalue weighted by Crippen LogP contribution is -2.60. The number of nitrogens with one attached hydrogen (secondary N) is 2. The lowest BCUT2D eigenvalue weighted by Gasteiger charge is -2.32. The van der Waals surface area contributed by atoms with Gasteiger partial charge in [0.15, 0.2) is 0 Å². The van der Waals surface area contributed by atoms with Crippen LogP contribution in [0.2, 0.25) is 0 Å². The summed E-state index contributed by atoms with van der Waals surface area (Å²) in [5.41, 5.74) is 0. The molecule has 1 heterocycles. The van der Waals surface area contributed by atoms with Gasteiger partial charge in [0.2, 0.25) is 0 Å². The van der Waals surface area contributed by atoms with Crippen LogP contribution in [-0.2, 0) is 4.79 Å². The fourth-order valence-electron chi connectivity index (χ4n) is 1.21. The Kier molecular flexibility index (Phi) is 3.05. The highest BCUT2D eigenvalue weighted by Crippen LogP contribution is 2.04. The molecule has 4 nitrogen and oxygen atoms in total. The first kappa shape index (κ1) is 9.48. The van der Waals surface area contributed by atoms with Crippen LogP contribution in [0.25, 0.3) is 0 Å². The molecule has 1 fully saturated rings. The number of carboxylic acids is 1. The quantitative estimate of drug-likeness (QED) is 0.543. The molecule has 0 aromatic heterocycles. The average Bonchev–Trinajstić information content (AvgIpc) is 1.82. The van der Waals surface area contributed by atoms with E-state index in [1.165, 1.54) is 0 Å². The van der Waals surface area contributed by atoms with Crippen LogP contribution in [0, 0.1) is 5.92 Å². The van der Waals surface area contributed by atoms with Crippen molar-refractivity contribution in [2.24, 2.45) is 5.92 Å². The van der Waals surface area contributed by atoms with Crippen LogP contribution in [0.1, 0.15) is 13.8 Å². The molecule has 1 saturated heterocycles. The SMILES string of the molecule is CC(C)C(NC1CNC1)C(=O)O. The van der Waals surface area contributed by atoms with E-state index in [1.807, 2.05) is 13.8 Å². The minimum atomic E-state index is -0.753. The Labute approximate surface area is 72.3 Å². The molecule has 70 valence electrons. The molecule has 0 bridgehead atoms. The topological polar surface area (TPSA) is 61.4 Å². The third kappa shape index (κ3) is 2.19. The summed E-state index contributed by atoms with van der Waals surface area (Å²) in [6.45, 7) is 5.60. The van der Waals surface area contributed by atoms with Gasteiger partial charge in [-0.25, -0.2) is 0 Å². The average molecular weight is 172 g/mol. The monoisotopic (exact) mass is 172 g/mol. The predicted molar refractivity (Wildman–Crippen MR) is 46.1 cm³/mol. The third-order valence-corrected chi connectivity index (χ3v) is 2.13. The standard InChI is InChI=1S/C8H16N2O2/c1-5(2)7(8(11)12)10-6-3-9-4-6/h5-7,9-10H,3-4H2,1-2H3,(H,11,12). The van der Waals surface area contributed by atoms with E-state index in [0.29, 0.717) is 6.04 Å². The molecule has 0 aromatic carbocycles. The van der Waals surface area contributed by atoms with E-state index >= 15 is 0 Å². The summed E-state index contributed by atoms with van der Waals surface area (Å²) >= 11 is 0. The highest BCUT2D eigenvalue weighted by Gasteiger charge is 2.26. The van der Waals surface area contributed by atoms with E-state index in [1.54, 1.807) is 0 Å².